The van der Waals surface area contributed by atoms with E-state index in [1.54, 1.807) is 0 Å². The Bertz CT molecular complexity index is 1040. The van der Waals surface area contributed by atoms with E-state index in [1.165, 1.54) is 11.1 Å². The normalized spacial score (nSPS) is 21.9. The highest BCUT2D eigenvalue weighted by Crippen LogP contribution is 2.44. The quantitative estimate of drug-likeness (QED) is 0.549. The fourth-order valence-corrected chi connectivity index (χ4v) is 5.50. The third-order valence-corrected chi connectivity index (χ3v) is 7.57. The molecule has 34 heavy (non-hydrogen) atoms. The first-order valence-corrected chi connectivity index (χ1v) is 12.1. The number of alkyl carbamates (subject to hydrolysis) is 1. The number of carbonyl (C=O) groups is 3. The predicted molar refractivity (Wildman–Crippen MR) is 126 cm³/mol. The molecule has 178 valence electrons. The van der Waals surface area contributed by atoms with Crippen molar-refractivity contribution in [3.05, 3.63) is 59.7 Å². The first-order chi connectivity index (χ1) is 16.5. The van der Waals surface area contributed by atoms with Crippen LogP contribution in [-0.2, 0) is 14.3 Å². The van der Waals surface area contributed by atoms with Gasteiger partial charge < -0.3 is 20.5 Å². The molecule has 7 nitrogen and oxygen atoms in total. The largest absolute Gasteiger partial charge is 0.481 e. The van der Waals surface area contributed by atoms with E-state index in [-0.39, 0.29) is 42.7 Å². The Morgan fingerprint density at radius 2 is 1.59 bits per heavy atom. The Balaban J connectivity index is 1.18. The highest BCUT2D eigenvalue weighted by atomic mass is 16.5. The van der Waals surface area contributed by atoms with Crippen LogP contribution < -0.4 is 10.6 Å². The van der Waals surface area contributed by atoms with Crippen LogP contribution in [0.2, 0.25) is 0 Å². The van der Waals surface area contributed by atoms with Crippen molar-refractivity contribution in [2.45, 2.75) is 56.5 Å². The van der Waals surface area contributed by atoms with E-state index < -0.39 is 18.1 Å². The molecule has 5 rings (SSSR count). The average molecular weight is 463 g/mol. The van der Waals surface area contributed by atoms with Crippen molar-refractivity contribution in [2.24, 2.45) is 11.8 Å². The van der Waals surface area contributed by atoms with E-state index in [0.29, 0.717) is 12.8 Å². The molecule has 3 aliphatic carbocycles. The van der Waals surface area contributed by atoms with Gasteiger partial charge in [0.2, 0.25) is 5.91 Å². The molecule has 2 saturated carbocycles. The van der Waals surface area contributed by atoms with Gasteiger partial charge in [0, 0.05) is 18.4 Å². The van der Waals surface area contributed by atoms with Gasteiger partial charge in [0.15, 0.2) is 0 Å². The number of carboxylic acids is 1. The van der Waals surface area contributed by atoms with Crippen molar-refractivity contribution < 1.29 is 24.2 Å². The highest BCUT2D eigenvalue weighted by Gasteiger charge is 2.38. The minimum Gasteiger partial charge on any atom is -0.481 e. The number of amides is 2. The summed E-state index contributed by atoms with van der Waals surface area (Å²) in [6.45, 7) is 0.207. The number of ether oxygens (including phenoxy) is 1. The van der Waals surface area contributed by atoms with E-state index >= 15 is 0 Å². The zero-order chi connectivity index (χ0) is 23.7. The Labute approximate surface area is 198 Å². The fraction of sp³-hybridized carbons (Fsp3) is 0.444. The van der Waals surface area contributed by atoms with E-state index in [9.17, 15) is 14.4 Å². The molecule has 7 heteroatoms. The summed E-state index contributed by atoms with van der Waals surface area (Å²) in [7, 11) is 0. The molecule has 2 aromatic carbocycles. The lowest BCUT2D eigenvalue weighted by molar-refractivity contribution is -0.139. The molecule has 1 atom stereocenters. The van der Waals surface area contributed by atoms with Crippen LogP contribution in [0.15, 0.2) is 48.5 Å². The molecule has 2 fully saturated rings. The summed E-state index contributed by atoms with van der Waals surface area (Å²) in [4.78, 5) is 36.5. The Hall–Kier alpha value is -3.35. The third kappa shape index (κ3) is 4.52. The molecule has 0 spiro atoms. The molecular formula is C27H30N2O5. The van der Waals surface area contributed by atoms with Crippen molar-refractivity contribution in [3.63, 3.8) is 0 Å². The van der Waals surface area contributed by atoms with Crippen LogP contribution in [0.3, 0.4) is 0 Å². The smallest absolute Gasteiger partial charge is 0.407 e. The molecule has 0 heterocycles. The molecule has 1 unspecified atom stereocenters. The molecule has 2 amide bonds. The molecular weight excluding hydrogens is 432 g/mol. The third-order valence-electron chi connectivity index (χ3n) is 7.57. The van der Waals surface area contributed by atoms with Gasteiger partial charge in [0.05, 0.1) is 0 Å². The molecule has 0 bridgehead atoms. The summed E-state index contributed by atoms with van der Waals surface area (Å²) in [6, 6.07) is 15.7. The molecule has 0 saturated heterocycles. The number of nitrogens with one attached hydrogen (secondary N) is 2. The van der Waals surface area contributed by atoms with Gasteiger partial charge in [-0.2, -0.15) is 0 Å². The van der Waals surface area contributed by atoms with E-state index in [2.05, 4.69) is 34.9 Å². The van der Waals surface area contributed by atoms with E-state index in [4.69, 9.17) is 9.84 Å². The Kier molecular flexibility index (Phi) is 6.26. The summed E-state index contributed by atoms with van der Waals surface area (Å²) in [5.74, 6) is -0.818. The van der Waals surface area contributed by atoms with Gasteiger partial charge in [-0.25, -0.2) is 4.79 Å². The minimum absolute atomic E-state index is 0.0243. The number of hydrogen-bond acceptors (Lipinski definition) is 4. The summed E-state index contributed by atoms with van der Waals surface area (Å²) < 4.78 is 5.65. The molecule has 2 aromatic rings. The number of benzene rings is 2. The second-order valence-electron chi connectivity index (χ2n) is 9.78. The van der Waals surface area contributed by atoms with Crippen LogP contribution in [0.4, 0.5) is 4.79 Å². The highest BCUT2D eigenvalue weighted by molar-refractivity contribution is 5.86. The van der Waals surface area contributed by atoms with Crippen molar-refractivity contribution in [2.75, 3.05) is 6.61 Å². The van der Waals surface area contributed by atoms with Crippen LogP contribution >= 0.6 is 0 Å². The maximum absolute atomic E-state index is 12.9. The van der Waals surface area contributed by atoms with Crippen LogP contribution in [0.5, 0.6) is 0 Å². The average Bonchev–Trinajstić information content (AvgIpc) is 3.08. The SMILES string of the molecule is O=C(O)CC1CC(NC(=O)C(NC(=O)OCC2c3ccccc3-c3ccccc32)C2CCC2)C1. The molecule has 0 aliphatic heterocycles. The standard InChI is InChI=1S/C27H30N2O5/c30-24(31)14-16-12-18(13-16)28-26(32)25(17-6-5-7-17)29-27(33)34-15-23-21-10-3-1-8-19(21)20-9-2-4-11-22(20)23/h1-4,8-11,16-18,23,25H,5-7,12-15H2,(H,28,32)(H,29,33)(H,30,31). The Morgan fingerprint density at radius 3 is 2.15 bits per heavy atom. The number of carboxylic acid groups (broad SMARTS) is 1. The molecule has 0 aromatic heterocycles. The fourth-order valence-electron chi connectivity index (χ4n) is 5.50. The zero-order valence-corrected chi connectivity index (χ0v) is 19.0. The van der Waals surface area contributed by atoms with E-state index in [0.717, 1.165) is 30.4 Å². The monoisotopic (exact) mass is 462 g/mol. The van der Waals surface area contributed by atoms with Crippen molar-refractivity contribution >= 4 is 18.0 Å². The van der Waals surface area contributed by atoms with E-state index in [1.807, 2.05) is 24.3 Å². The van der Waals surface area contributed by atoms with Crippen molar-refractivity contribution in [3.8, 4) is 11.1 Å². The van der Waals surface area contributed by atoms with Crippen molar-refractivity contribution in [1.29, 1.82) is 0 Å². The van der Waals surface area contributed by atoms with Crippen LogP contribution in [-0.4, -0.2) is 41.8 Å². The second-order valence-corrected chi connectivity index (χ2v) is 9.78. The zero-order valence-electron chi connectivity index (χ0n) is 19.0. The number of aliphatic carboxylic acids is 1. The predicted octanol–water partition coefficient (Wildman–Crippen LogP) is 4.06. The van der Waals surface area contributed by atoms with Gasteiger partial charge >= 0.3 is 12.1 Å². The van der Waals surface area contributed by atoms with Gasteiger partial charge in [-0.3, -0.25) is 9.59 Å². The van der Waals surface area contributed by atoms with Gasteiger partial charge in [0.25, 0.3) is 0 Å². The van der Waals surface area contributed by atoms with Gasteiger partial charge in [-0.05, 0) is 59.8 Å². The number of carbonyl (C=O) groups excluding carboxylic acids is 2. The summed E-state index contributed by atoms with van der Waals surface area (Å²) in [5.41, 5.74) is 4.62. The van der Waals surface area contributed by atoms with Gasteiger partial charge in [-0.1, -0.05) is 55.0 Å². The van der Waals surface area contributed by atoms with Crippen LogP contribution in [0, 0.1) is 11.8 Å². The topological polar surface area (TPSA) is 105 Å². The summed E-state index contributed by atoms with van der Waals surface area (Å²) in [5, 5.41) is 14.7. The molecule has 0 radical (unpaired) electrons. The van der Waals surface area contributed by atoms with Gasteiger partial charge in [0.1, 0.15) is 12.6 Å². The van der Waals surface area contributed by atoms with Crippen LogP contribution in [0.25, 0.3) is 11.1 Å². The number of rotatable bonds is 8. The Morgan fingerprint density at radius 1 is 0.971 bits per heavy atom. The lowest BCUT2D eigenvalue weighted by atomic mass is 9.76. The molecule has 3 aliphatic rings. The van der Waals surface area contributed by atoms with Crippen molar-refractivity contribution in [1.82, 2.24) is 10.6 Å². The first kappa shape index (κ1) is 22.4. The lowest BCUT2D eigenvalue weighted by Crippen LogP contribution is -2.56. The summed E-state index contributed by atoms with van der Waals surface area (Å²) in [6.07, 6.45) is 3.73. The maximum atomic E-state index is 12.9. The molecule has 3 N–H and O–H groups in total. The van der Waals surface area contributed by atoms with Crippen LogP contribution in [0.1, 0.15) is 55.6 Å². The number of hydrogen-bond donors (Lipinski definition) is 3. The number of fused-ring (bicyclic) bond motifs is 3. The lowest BCUT2D eigenvalue weighted by Gasteiger charge is -2.38. The first-order valence-electron chi connectivity index (χ1n) is 12.1. The minimum atomic E-state index is -0.806. The second kappa shape index (κ2) is 9.49. The summed E-state index contributed by atoms with van der Waals surface area (Å²) >= 11 is 0. The maximum Gasteiger partial charge on any atom is 0.407 e. The van der Waals surface area contributed by atoms with Gasteiger partial charge in [-0.15, -0.1) is 0 Å².